The van der Waals surface area contributed by atoms with Gasteiger partial charge in [-0.25, -0.2) is 4.79 Å². The van der Waals surface area contributed by atoms with Gasteiger partial charge >= 0.3 is 5.97 Å². The Balaban J connectivity index is 2.31. The van der Waals surface area contributed by atoms with Gasteiger partial charge in [0.25, 0.3) is 0 Å². The minimum atomic E-state index is -1.58. The molecule has 0 spiro atoms. The number of hydrogen-bond acceptors (Lipinski definition) is 5. The molecule has 1 aliphatic rings. The van der Waals surface area contributed by atoms with Crippen molar-refractivity contribution in [2.75, 3.05) is 20.3 Å². The van der Waals surface area contributed by atoms with E-state index in [0.29, 0.717) is 22.4 Å². The highest BCUT2D eigenvalue weighted by atomic mass is 35.5. The number of ether oxygens (including phenoxy) is 2. The number of halogens is 2. The second kappa shape index (κ2) is 7.29. The SMILES string of the molecule is COc1ccc(C2=C(c3cccc(Cl)c3Cl)C(=O)OC2(CO)CO)cc1. The zero-order valence-corrected chi connectivity index (χ0v) is 15.3. The first-order chi connectivity index (χ1) is 12.5. The van der Waals surface area contributed by atoms with Crippen molar-refractivity contribution in [1.82, 2.24) is 0 Å². The van der Waals surface area contributed by atoms with Crippen LogP contribution in [0.1, 0.15) is 11.1 Å². The van der Waals surface area contributed by atoms with E-state index >= 15 is 0 Å². The van der Waals surface area contributed by atoms with Crippen molar-refractivity contribution in [1.29, 1.82) is 0 Å². The van der Waals surface area contributed by atoms with E-state index in [1.54, 1.807) is 49.6 Å². The lowest BCUT2D eigenvalue weighted by Gasteiger charge is -2.27. The highest BCUT2D eigenvalue weighted by Gasteiger charge is 2.48. The van der Waals surface area contributed by atoms with Gasteiger partial charge in [0.1, 0.15) is 5.75 Å². The maximum atomic E-state index is 12.6. The first kappa shape index (κ1) is 18.7. The third-order valence-corrected chi connectivity index (χ3v) is 5.13. The molecule has 0 atom stereocenters. The fraction of sp³-hybridized carbons (Fsp3) is 0.211. The molecule has 0 aliphatic carbocycles. The Labute approximate surface area is 160 Å². The third-order valence-electron chi connectivity index (χ3n) is 4.31. The number of benzene rings is 2. The van der Waals surface area contributed by atoms with Gasteiger partial charge in [-0.2, -0.15) is 0 Å². The van der Waals surface area contributed by atoms with E-state index in [9.17, 15) is 15.0 Å². The topological polar surface area (TPSA) is 76.0 Å². The number of carbonyl (C=O) groups is 1. The van der Waals surface area contributed by atoms with Gasteiger partial charge in [-0.15, -0.1) is 0 Å². The minimum Gasteiger partial charge on any atom is -0.497 e. The van der Waals surface area contributed by atoms with Crippen LogP contribution in [0.2, 0.25) is 10.0 Å². The van der Waals surface area contributed by atoms with Gasteiger partial charge in [0.05, 0.1) is 35.9 Å². The molecule has 1 aliphatic heterocycles. The van der Waals surface area contributed by atoms with Crippen LogP contribution in [0.25, 0.3) is 11.1 Å². The molecule has 0 fully saturated rings. The number of rotatable bonds is 5. The van der Waals surface area contributed by atoms with Crippen LogP contribution in [0.4, 0.5) is 0 Å². The van der Waals surface area contributed by atoms with Crippen LogP contribution < -0.4 is 4.74 Å². The number of methoxy groups -OCH3 is 1. The van der Waals surface area contributed by atoms with E-state index in [1.807, 2.05) is 0 Å². The van der Waals surface area contributed by atoms with Gasteiger partial charge in [-0.3, -0.25) is 0 Å². The summed E-state index contributed by atoms with van der Waals surface area (Å²) < 4.78 is 10.5. The van der Waals surface area contributed by atoms with Crippen LogP contribution in [-0.2, 0) is 9.53 Å². The number of esters is 1. The molecule has 0 radical (unpaired) electrons. The first-order valence-corrected chi connectivity index (χ1v) is 8.51. The molecule has 1 heterocycles. The Kier molecular flexibility index (Phi) is 5.25. The molecular formula is C19H16Cl2O5. The van der Waals surface area contributed by atoms with Gasteiger partial charge < -0.3 is 19.7 Å². The Morgan fingerprint density at radius 3 is 2.31 bits per heavy atom. The van der Waals surface area contributed by atoms with Crippen LogP contribution in [0, 0.1) is 0 Å². The molecule has 26 heavy (non-hydrogen) atoms. The predicted molar refractivity (Wildman–Crippen MR) is 99.3 cm³/mol. The van der Waals surface area contributed by atoms with Crippen LogP contribution >= 0.6 is 23.2 Å². The van der Waals surface area contributed by atoms with Crippen LogP contribution in [-0.4, -0.2) is 42.1 Å². The van der Waals surface area contributed by atoms with E-state index in [1.165, 1.54) is 0 Å². The molecule has 0 amide bonds. The molecule has 5 nitrogen and oxygen atoms in total. The van der Waals surface area contributed by atoms with E-state index in [4.69, 9.17) is 32.7 Å². The van der Waals surface area contributed by atoms with Gasteiger partial charge in [0.2, 0.25) is 0 Å². The first-order valence-electron chi connectivity index (χ1n) is 7.76. The minimum absolute atomic E-state index is 0.158. The summed E-state index contributed by atoms with van der Waals surface area (Å²) in [6.07, 6.45) is 0. The lowest BCUT2D eigenvalue weighted by atomic mass is 9.85. The number of aliphatic hydroxyl groups is 2. The lowest BCUT2D eigenvalue weighted by Crippen LogP contribution is -2.39. The fourth-order valence-electron chi connectivity index (χ4n) is 2.99. The van der Waals surface area contributed by atoms with Crippen molar-refractivity contribution >= 4 is 40.3 Å². The second-order valence-electron chi connectivity index (χ2n) is 5.78. The van der Waals surface area contributed by atoms with Gasteiger partial charge in [-0.1, -0.05) is 47.5 Å². The number of carbonyl (C=O) groups excluding carboxylic acids is 1. The van der Waals surface area contributed by atoms with E-state index in [-0.39, 0.29) is 15.6 Å². The average molecular weight is 395 g/mol. The summed E-state index contributed by atoms with van der Waals surface area (Å²) in [6.45, 7) is -1.17. The van der Waals surface area contributed by atoms with Crippen molar-refractivity contribution < 1.29 is 24.5 Å². The molecule has 2 aromatic rings. The zero-order chi connectivity index (χ0) is 18.9. The number of aliphatic hydroxyl groups excluding tert-OH is 2. The summed E-state index contributed by atoms with van der Waals surface area (Å²) in [5.74, 6) is -0.0661. The van der Waals surface area contributed by atoms with E-state index < -0.39 is 24.8 Å². The molecular weight excluding hydrogens is 379 g/mol. The Morgan fingerprint density at radius 1 is 1.08 bits per heavy atom. The van der Waals surface area contributed by atoms with Gasteiger partial charge in [-0.05, 0) is 23.8 Å². The van der Waals surface area contributed by atoms with Crippen LogP contribution in [0.15, 0.2) is 42.5 Å². The molecule has 0 bridgehead atoms. The molecule has 3 rings (SSSR count). The van der Waals surface area contributed by atoms with Crippen molar-refractivity contribution in [3.63, 3.8) is 0 Å². The number of hydrogen-bond donors (Lipinski definition) is 2. The average Bonchev–Trinajstić information content (AvgIpc) is 2.97. The van der Waals surface area contributed by atoms with Crippen molar-refractivity contribution in [3.8, 4) is 5.75 Å². The molecule has 0 saturated carbocycles. The van der Waals surface area contributed by atoms with Crippen molar-refractivity contribution in [3.05, 3.63) is 63.6 Å². The van der Waals surface area contributed by atoms with E-state index in [2.05, 4.69) is 0 Å². The zero-order valence-electron chi connectivity index (χ0n) is 13.8. The van der Waals surface area contributed by atoms with Gasteiger partial charge in [0.15, 0.2) is 5.60 Å². The molecule has 7 heteroatoms. The Hall–Kier alpha value is -2.05. The molecule has 136 valence electrons. The Morgan fingerprint density at radius 2 is 1.73 bits per heavy atom. The number of cyclic esters (lactones) is 1. The summed E-state index contributed by atoms with van der Waals surface area (Å²) in [6, 6.07) is 11.8. The largest absolute Gasteiger partial charge is 0.497 e. The standard InChI is InChI=1S/C19H16Cl2O5/c1-25-12-7-5-11(6-8-12)16-15(13-3-2-4-14(20)17(13)21)18(24)26-19(16,9-22)10-23/h2-8,22-23H,9-10H2,1H3. The third kappa shape index (κ3) is 2.97. The van der Waals surface area contributed by atoms with Crippen LogP contribution in [0.3, 0.4) is 0 Å². The maximum Gasteiger partial charge on any atom is 0.340 e. The summed E-state index contributed by atoms with van der Waals surface area (Å²) in [7, 11) is 1.54. The molecule has 0 aromatic heterocycles. The van der Waals surface area contributed by atoms with E-state index in [0.717, 1.165) is 0 Å². The fourth-order valence-corrected chi connectivity index (χ4v) is 3.38. The summed E-state index contributed by atoms with van der Waals surface area (Å²) in [5, 5.41) is 20.3. The molecule has 0 saturated heterocycles. The quantitative estimate of drug-likeness (QED) is 0.761. The Bertz CT molecular complexity index is 870. The molecule has 0 unspecified atom stereocenters. The van der Waals surface area contributed by atoms with Crippen LogP contribution in [0.5, 0.6) is 5.75 Å². The lowest BCUT2D eigenvalue weighted by molar-refractivity contribution is -0.150. The highest BCUT2D eigenvalue weighted by molar-refractivity contribution is 6.45. The second-order valence-corrected chi connectivity index (χ2v) is 6.57. The maximum absolute atomic E-state index is 12.6. The summed E-state index contributed by atoms with van der Waals surface area (Å²) in [4.78, 5) is 12.6. The molecule has 2 aromatic carbocycles. The van der Waals surface area contributed by atoms with Crippen molar-refractivity contribution in [2.45, 2.75) is 5.60 Å². The summed E-state index contributed by atoms with van der Waals surface area (Å²) >= 11 is 12.4. The normalized spacial score (nSPS) is 16.0. The monoisotopic (exact) mass is 394 g/mol. The van der Waals surface area contributed by atoms with Gasteiger partial charge in [0, 0.05) is 11.1 Å². The van der Waals surface area contributed by atoms with Crippen molar-refractivity contribution in [2.24, 2.45) is 0 Å². The smallest absolute Gasteiger partial charge is 0.340 e. The highest BCUT2D eigenvalue weighted by Crippen LogP contribution is 2.46. The predicted octanol–water partition coefficient (Wildman–Crippen LogP) is 3.19. The summed E-state index contributed by atoms with van der Waals surface area (Å²) in [5.41, 5.74) is -0.109. The molecule has 2 N–H and O–H groups in total.